The molecule has 1 aromatic heterocycles. The second kappa shape index (κ2) is 8.73. The number of ether oxygens (including phenoxy) is 1. The number of hydrogen-bond donors (Lipinski definition) is 2. The lowest BCUT2D eigenvalue weighted by Crippen LogP contribution is -2.23. The van der Waals surface area contributed by atoms with Gasteiger partial charge in [-0.3, -0.25) is 9.52 Å². The summed E-state index contributed by atoms with van der Waals surface area (Å²) < 4.78 is 39.8. The molecule has 1 saturated heterocycles. The number of furan rings is 1. The van der Waals surface area contributed by atoms with Gasteiger partial charge in [-0.2, -0.15) is 0 Å². The Labute approximate surface area is 180 Å². The van der Waals surface area contributed by atoms with Crippen LogP contribution in [-0.4, -0.2) is 34.5 Å². The molecule has 0 aliphatic carbocycles. The van der Waals surface area contributed by atoms with Gasteiger partial charge in [0, 0.05) is 18.8 Å². The quantitative estimate of drug-likeness (QED) is 0.576. The molecule has 8 nitrogen and oxygen atoms in total. The molecule has 9 heteroatoms. The monoisotopic (exact) mass is 441 g/mol. The van der Waals surface area contributed by atoms with Crippen LogP contribution in [-0.2, 0) is 10.0 Å². The summed E-state index contributed by atoms with van der Waals surface area (Å²) in [5.41, 5.74) is 1.28. The Balaban J connectivity index is 1.71. The molecule has 0 atom stereocenters. The van der Waals surface area contributed by atoms with Gasteiger partial charge in [0.2, 0.25) is 0 Å². The third-order valence-corrected chi connectivity index (χ3v) is 6.44. The van der Waals surface area contributed by atoms with Crippen LogP contribution >= 0.6 is 0 Å². The standard InChI is InChI=1S/C22H23N3O5S/c1-29-19-8-3-2-7-17(19)24-31(27,28)21-15-16(23-22(26)20-9-6-14-30-20)10-11-18(21)25-12-4-5-13-25/h2-3,6-11,14-15,24H,4-5,12-13H2,1H3,(H,23,26). The third kappa shape index (κ3) is 4.51. The zero-order chi connectivity index (χ0) is 21.8. The summed E-state index contributed by atoms with van der Waals surface area (Å²) in [4.78, 5) is 14.5. The number of hydrogen-bond acceptors (Lipinski definition) is 6. The smallest absolute Gasteiger partial charge is 0.291 e. The first-order valence-corrected chi connectivity index (χ1v) is 11.4. The fraction of sp³-hybridized carbons (Fsp3) is 0.227. The van der Waals surface area contributed by atoms with Crippen LogP contribution in [0, 0.1) is 0 Å². The van der Waals surface area contributed by atoms with Gasteiger partial charge in [0.25, 0.3) is 15.9 Å². The Morgan fingerprint density at radius 3 is 2.55 bits per heavy atom. The van der Waals surface area contributed by atoms with Crippen LogP contribution < -0.4 is 19.7 Å². The molecular weight excluding hydrogens is 418 g/mol. The predicted octanol–water partition coefficient (Wildman–Crippen LogP) is 3.94. The molecule has 1 aliphatic heterocycles. The van der Waals surface area contributed by atoms with Gasteiger partial charge >= 0.3 is 0 Å². The van der Waals surface area contributed by atoms with Crippen molar-refractivity contribution >= 4 is 33.0 Å². The minimum atomic E-state index is -3.97. The zero-order valence-corrected chi connectivity index (χ0v) is 17.8. The maximum absolute atomic E-state index is 13.4. The van der Waals surface area contributed by atoms with Gasteiger partial charge in [-0.05, 0) is 55.3 Å². The molecule has 0 unspecified atom stereocenters. The molecule has 0 radical (unpaired) electrons. The largest absolute Gasteiger partial charge is 0.495 e. The van der Waals surface area contributed by atoms with E-state index in [1.54, 1.807) is 42.5 Å². The molecule has 0 bridgehead atoms. The lowest BCUT2D eigenvalue weighted by Gasteiger charge is -2.22. The number of anilines is 3. The van der Waals surface area contributed by atoms with E-state index in [4.69, 9.17) is 9.15 Å². The molecule has 31 heavy (non-hydrogen) atoms. The maximum Gasteiger partial charge on any atom is 0.291 e. The molecule has 2 heterocycles. The molecule has 2 aromatic carbocycles. The zero-order valence-electron chi connectivity index (χ0n) is 17.0. The van der Waals surface area contributed by atoms with Gasteiger partial charge in [0.15, 0.2) is 5.76 Å². The number of para-hydroxylation sites is 2. The van der Waals surface area contributed by atoms with Crippen molar-refractivity contribution < 1.29 is 22.4 Å². The van der Waals surface area contributed by atoms with E-state index in [2.05, 4.69) is 10.0 Å². The maximum atomic E-state index is 13.4. The van der Waals surface area contributed by atoms with E-state index in [9.17, 15) is 13.2 Å². The molecule has 1 aliphatic rings. The molecule has 1 fully saturated rings. The van der Waals surface area contributed by atoms with Crippen molar-refractivity contribution in [2.45, 2.75) is 17.7 Å². The normalized spacial score (nSPS) is 13.8. The average molecular weight is 442 g/mol. The van der Waals surface area contributed by atoms with E-state index in [0.29, 0.717) is 22.8 Å². The first-order chi connectivity index (χ1) is 15.0. The van der Waals surface area contributed by atoms with Crippen LogP contribution in [0.1, 0.15) is 23.4 Å². The number of methoxy groups -OCH3 is 1. The number of nitrogens with zero attached hydrogens (tertiary/aromatic N) is 1. The number of carbonyl (C=O) groups excluding carboxylic acids is 1. The number of benzene rings is 2. The minimum absolute atomic E-state index is 0.0811. The lowest BCUT2D eigenvalue weighted by molar-refractivity contribution is 0.0996. The molecule has 0 spiro atoms. The summed E-state index contributed by atoms with van der Waals surface area (Å²) in [6, 6.07) is 14.8. The Hall–Kier alpha value is -3.46. The van der Waals surface area contributed by atoms with Crippen molar-refractivity contribution in [3.05, 3.63) is 66.6 Å². The number of carbonyl (C=O) groups is 1. The van der Waals surface area contributed by atoms with E-state index < -0.39 is 15.9 Å². The summed E-state index contributed by atoms with van der Waals surface area (Å²) in [6.07, 6.45) is 3.39. The first kappa shape index (κ1) is 20.8. The molecule has 4 rings (SSSR count). The Morgan fingerprint density at radius 1 is 1.06 bits per heavy atom. The van der Waals surface area contributed by atoms with Crippen molar-refractivity contribution in [1.29, 1.82) is 0 Å². The highest BCUT2D eigenvalue weighted by Gasteiger charge is 2.26. The topological polar surface area (TPSA) is 101 Å². The Kier molecular flexibility index (Phi) is 5.85. The summed E-state index contributed by atoms with van der Waals surface area (Å²) >= 11 is 0. The second-order valence-electron chi connectivity index (χ2n) is 7.11. The van der Waals surface area contributed by atoms with Crippen LogP contribution in [0.25, 0.3) is 0 Å². The van der Waals surface area contributed by atoms with Gasteiger partial charge in [-0.25, -0.2) is 8.42 Å². The number of nitrogens with one attached hydrogen (secondary N) is 2. The van der Waals surface area contributed by atoms with E-state index in [1.165, 1.54) is 25.5 Å². The highest BCUT2D eigenvalue weighted by molar-refractivity contribution is 7.93. The molecule has 2 N–H and O–H groups in total. The van der Waals surface area contributed by atoms with E-state index >= 15 is 0 Å². The second-order valence-corrected chi connectivity index (χ2v) is 8.76. The third-order valence-electron chi connectivity index (χ3n) is 5.05. The Bertz CT molecular complexity index is 1170. The van der Waals surface area contributed by atoms with E-state index in [0.717, 1.165) is 25.9 Å². The summed E-state index contributed by atoms with van der Waals surface area (Å²) in [6.45, 7) is 1.55. The average Bonchev–Trinajstić information content (AvgIpc) is 3.48. The van der Waals surface area contributed by atoms with Crippen molar-refractivity contribution in [3.8, 4) is 5.75 Å². The van der Waals surface area contributed by atoms with Crippen LogP contribution in [0.15, 0.2) is 70.2 Å². The summed E-state index contributed by atoms with van der Waals surface area (Å²) in [5, 5.41) is 2.69. The van der Waals surface area contributed by atoms with Crippen molar-refractivity contribution in [2.75, 3.05) is 35.1 Å². The fourth-order valence-electron chi connectivity index (χ4n) is 3.56. The highest BCUT2D eigenvalue weighted by Crippen LogP contribution is 2.34. The van der Waals surface area contributed by atoms with Gasteiger partial charge in [-0.1, -0.05) is 12.1 Å². The summed E-state index contributed by atoms with van der Waals surface area (Å²) in [5.74, 6) is 0.0937. The fourth-order valence-corrected chi connectivity index (χ4v) is 4.88. The van der Waals surface area contributed by atoms with Gasteiger partial charge < -0.3 is 19.4 Å². The van der Waals surface area contributed by atoms with E-state index in [-0.39, 0.29) is 10.7 Å². The van der Waals surface area contributed by atoms with Crippen LogP contribution in [0.2, 0.25) is 0 Å². The predicted molar refractivity (Wildman–Crippen MR) is 118 cm³/mol. The van der Waals surface area contributed by atoms with Crippen LogP contribution in [0.5, 0.6) is 5.75 Å². The number of amides is 1. The minimum Gasteiger partial charge on any atom is -0.495 e. The lowest BCUT2D eigenvalue weighted by atomic mass is 10.2. The van der Waals surface area contributed by atoms with Crippen molar-refractivity contribution in [2.24, 2.45) is 0 Å². The molecular formula is C22H23N3O5S. The first-order valence-electron chi connectivity index (χ1n) is 9.87. The van der Waals surface area contributed by atoms with Gasteiger partial charge in [0.05, 0.1) is 24.7 Å². The van der Waals surface area contributed by atoms with E-state index in [1.807, 2.05) is 4.90 Å². The highest BCUT2D eigenvalue weighted by atomic mass is 32.2. The summed E-state index contributed by atoms with van der Waals surface area (Å²) in [7, 11) is -2.49. The molecule has 162 valence electrons. The van der Waals surface area contributed by atoms with Crippen molar-refractivity contribution in [3.63, 3.8) is 0 Å². The van der Waals surface area contributed by atoms with Crippen LogP contribution in [0.4, 0.5) is 17.1 Å². The van der Waals surface area contributed by atoms with Crippen molar-refractivity contribution in [1.82, 2.24) is 0 Å². The molecule has 0 saturated carbocycles. The number of rotatable bonds is 7. The van der Waals surface area contributed by atoms with Gasteiger partial charge in [0.1, 0.15) is 10.6 Å². The molecule has 3 aromatic rings. The number of sulfonamides is 1. The Morgan fingerprint density at radius 2 is 1.84 bits per heavy atom. The molecule has 1 amide bonds. The van der Waals surface area contributed by atoms with Gasteiger partial charge in [-0.15, -0.1) is 0 Å². The SMILES string of the molecule is COc1ccccc1NS(=O)(=O)c1cc(NC(=O)c2ccco2)ccc1N1CCCC1. The van der Waals surface area contributed by atoms with Crippen LogP contribution in [0.3, 0.4) is 0 Å².